The number of fused-ring (bicyclic) bond motifs is 1. The third-order valence-electron chi connectivity index (χ3n) is 2.51. The largest absolute Gasteiger partial charge is 0.491 e. The lowest BCUT2D eigenvalue weighted by molar-refractivity contribution is 0.308. The molecule has 16 heavy (non-hydrogen) atoms. The third kappa shape index (κ3) is 2.27. The molecular formula is C12H16N2OS. The Bertz CT molecular complexity index is 467. The van der Waals surface area contributed by atoms with E-state index in [0.29, 0.717) is 5.69 Å². The fraction of sp³-hybridized carbons (Fsp3) is 0.417. The first-order chi connectivity index (χ1) is 7.83. The number of hydrogen-bond acceptors (Lipinski definition) is 4. The SMILES string of the molecule is CCCCCOc1ccc2scnc2c1N. The minimum absolute atomic E-state index is 0.662. The van der Waals surface area contributed by atoms with Gasteiger partial charge in [0.2, 0.25) is 0 Å². The molecule has 86 valence electrons. The summed E-state index contributed by atoms with van der Waals surface area (Å²) >= 11 is 1.60. The number of hydrogen-bond donors (Lipinski definition) is 1. The fourth-order valence-corrected chi connectivity index (χ4v) is 2.29. The van der Waals surface area contributed by atoms with Gasteiger partial charge in [0.1, 0.15) is 17.0 Å². The predicted octanol–water partition coefficient (Wildman–Crippen LogP) is 3.45. The molecule has 0 saturated heterocycles. The summed E-state index contributed by atoms with van der Waals surface area (Å²) in [7, 11) is 0. The van der Waals surface area contributed by atoms with Crippen LogP contribution in [0.5, 0.6) is 5.75 Å². The highest BCUT2D eigenvalue weighted by molar-refractivity contribution is 7.16. The molecule has 2 N–H and O–H groups in total. The van der Waals surface area contributed by atoms with Gasteiger partial charge in [-0.2, -0.15) is 0 Å². The molecule has 0 spiro atoms. The molecule has 2 aromatic rings. The monoisotopic (exact) mass is 236 g/mol. The first-order valence-corrected chi connectivity index (χ1v) is 6.45. The molecule has 0 atom stereocenters. The van der Waals surface area contributed by atoms with E-state index in [1.54, 1.807) is 11.3 Å². The molecule has 0 aliphatic rings. The van der Waals surface area contributed by atoms with Crippen LogP contribution in [-0.4, -0.2) is 11.6 Å². The minimum Gasteiger partial charge on any atom is -0.491 e. The quantitative estimate of drug-likeness (QED) is 0.639. The van der Waals surface area contributed by atoms with E-state index in [9.17, 15) is 0 Å². The van der Waals surface area contributed by atoms with Crippen LogP contribution in [0.1, 0.15) is 26.2 Å². The van der Waals surface area contributed by atoms with Crippen molar-refractivity contribution in [2.75, 3.05) is 12.3 Å². The van der Waals surface area contributed by atoms with Crippen molar-refractivity contribution in [2.45, 2.75) is 26.2 Å². The average molecular weight is 236 g/mol. The molecule has 1 heterocycles. The number of anilines is 1. The van der Waals surface area contributed by atoms with E-state index < -0.39 is 0 Å². The lowest BCUT2D eigenvalue weighted by Crippen LogP contribution is -2.00. The fourth-order valence-electron chi connectivity index (χ4n) is 1.59. The van der Waals surface area contributed by atoms with E-state index in [1.807, 2.05) is 17.6 Å². The number of nitrogens with zero attached hydrogens (tertiary/aromatic N) is 1. The van der Waals surface area contributed by atoms with E-state index in [2.05, 4.69) is 11.9 Å². The standard InChI is InChI=1S/C12H16N2OS/c1-2-3-4-7-15-9-5-6-10-12(11(9)13)14-8-16-10/h5-6,8H,2-4,7,13H2,1H3. The molecule has 0 bridgehead atoms. The molecule has 2 rings (SSSR count). The van der Waals surface area contributed by atoms with Gasteiger partial charge in [-0.15, -0.1) is 11.3 Å². The molecule has 1 aromatic carbocycles. The summed E-state index contributed by atoms with van der Waals surface area (Å²) in [6, 6.07) is 3.94. The van der Waals surface area contributed by atoms with Gasteiger partial charge in [-0.1, -0.05) is 19.8 Å². The first kappa shape index (κ1) is 11.2. The molecule has 0 aliphatic heterocycles. The van der Waals surface area contributed by atoms with Crippen LogP contribution < -0.4 is 10.5 Å². The maximum Gasteiger partial charge on any atom is 0.144 e. The first-order valence-electron chi connectivity index (χ1n) is 5.57. The van der Waals surface area contributed by atoms with Crippen molar-refractivity contribution in [2.24, 2.45) is 0 Å². The number of nitrogens with two attached hydrogens (primary N) is 1. The van der Waals surface area contributed by atoms with Crippen LogP contribution in [0.3, 0.4) is 0 Å². The summed E-state index contributed by atoms with van der Waals surface area (Å²) in [5.74, 6) is 0.759. The van der Waals surface area contributed by atoms with Crippen LogP contribution in [-0.2, 0) is 0 Å². The Morgan fingerprint density at radius 1 is 1.38 bits per heavy atom. The summed E-state index contributed by atoms with van der Waals surface area (Å²) in [4.78, 5) is 4.24. The van der Waals surface area contributed by atoms with Gasteiger partial charge in [-0.05, 0) is 18.6 Å². The summed E-state index contributed by atoms with van der Waals surface area (Å²) < 4.78 is 6.77. The second kappa shape index (κ2) is 5.16. The zero-order valence-corrected chi connectivity index (χ0v) is 10.2. The summed E-state index contributed by atoms with van der Waals surface area (Å²) in [6.07, 6.45) is 3.47. The van der Waals surface area contributed by atoms with Crippen molar-refractivity contribution in [3.63, 3.8) is 0 Å². The maximum absolute atomic E-state index is 6.00. The molecule has 4 heteroatoms. The van der Waals surface area contributed by atoms with Gasteiger partial charge in [-0.25, -0.2) is 4.98 Å². The van der Waals surface area contributed by atoms with Crippen LogP contribution in [0, 0.1) is 0 Å². The van der Waals surface area contributed by atoms with Crippen LogP contribution in [0.25, 0.3) is 10.2 Å². The molecule has 0 radical (unpaired) electrons. The maximum atomic E-state index is 6.00. The van der Waals surface area contributed by atoms with Crippen molar-refractivity contribution >= 4 is 27.2 Å². The van der Waals surface area contributed by atoms with Crippen LogP contribution in [0.15, 0.2) is 17.6 Å². The van der Waals surface area contributed by atoms with Crippen molar-refractivity contribution in [3.8, 4) is 5.75 Å². The Morgan fingerprint density at radius 2 is 2.25 bits per heavy atom. The molecule has 0 saturated carbocycles. The molecule has 0 amide bonds. The van der Waals surface area contributed by atoms with Gasteiger partial charge in [-0.3, -0.25) is 0 Å². The topological polar surface area (TPSA) is 48.1 Å². The number of rotatable bonds is 5. The van der Waals surface area contributed by atoms with E-state index in [4.69, 9.17) is 10.5 Å². The van der Waals surface area contributed by atoms with Crippen LogP contribution >= 0.6 is 11.3 Å². The number of unbranched alkanes of at least 4 members (excludes halogenated alkanes) is 2. The number of nitrogen functional groups attached to an aromatic ring is 1. The van der Waals surface area contributed by atoms with Gasteiger partial charge in [0.25, 0.3) is 0 Å². The number of ether oxygens (including phenoxy) is 1. The molecule has 1 aromatic heterocycles. The van der Waals surface area contributed by atoms with Gasteiger partial charge in [0.05, 0.1) is 16.8 Å². The molecular weight excluding hydrogens is 220 g/mol. The molecule has 3 nitrogen and oxygen atoms in total. The van der Waals surface area contributed by atoms with E-state index >= 15 is 0 Å². The van der Waals surface area contributed by atoms with Crippen molar-refractivity contribution in [1.82, 2.24) is 4.98 Å². The zero-order chi connectivity index (χ0) is 11.4. The van der Waals surface area contributed by atoms with Gasteiger partial charge < -0.3 is 10.5 Å². The summed E-state index contributed by atoms with van der Waals surface area (Å²) in [5, 5.41) is 0. The van der Waals surface area contributed by atoms with Crippen LogP contribution in [0.4, 0.5) is 5.69 Å². The van der Waals surface area contributed by atoms with Gasteiger partial charge in [0.15, 0.2) is 0 Å². The number of thiazole rings is 1. The van der Waals surface area contributed by atoms with Crippen molar-refractivity contribution in [3.05, 3.63) is 17.6 Å². The Hall–Kier alpha value is -1.29. The molecule has 0 aliphatic carbocycles. The summed E-state index contributed by atoms with van der Waals surface area (Å²) in [6.45, 7) is 2.91. The van der Waals surface area contributed by atoms with Crippen molar-refractivity contribution in [1.29, 1.82) is 0 Å². The zero-order valence-electron chi connectivity index (χ0n) is 9.40. The highest BCUT2D eigenvalue weighted by Gasteiger charge is 2.07. The highest BCUT2D eigenvalue weighted by Crippen LogP contribution is 2.31. The van der Waals surface area contributed by atoms with Gasteiger partial charge >= 0.3 is 0 Å². The van der Waals surface area contributed by atoms with Crippen LogP contribution in [0.2, 0.25) is 0 Å². The lowest BCUT2D eigenvalue weighted by Gasteiger charge is -2.08. The molecule has 0 fully saturated rings. The smallest absolute Gasteiger partial charge is 0.144 e. The normalized spacial score (nSPS) is 10.8. The number of aromatic nitrogens is 1. The Kier molecular flexibility index (Phi) is 3.62. The second-order valence-corrected chi connectivity index (χ2v) is 4.62. The Labute approximate surface area is 99.3 Å². The van der Waals surface area contributed by atoms with E-state index in [1.165, 1.54) is 12.8 Å². The summed E-state index contributed by atoms with van der Waals surface area (Å²) in [5.41, 5.74) is 9.33. The second-order valence-electron chi connectivity index (χ2n) is 3.73. The van der Waals surface area contributed by atoms with E-state index in [0.717, 1.165) is 29.0 Å². The Balaban J connectivity index is 2.09. The predicted molar refractivity (Wildman–Crippen MR) is 69.1 cm³/mol. The third-order valence-corrected chi connectivity index (χ3v) is 3.30. The highest BCUT2D eigenvalue weighted by atomic mass is 32.1. The lowest BCUT2D eigenvalue weighted by atomic mass is 10.2. The van der Waals surface area contributed by atoms with Gasteiger partial charge in [0, 0.05) is 0 Å². The van der Waals surface area contributed by atoms with E-state index in [-0.39, 0.29) is 0 Å². The minimum atomic E-state index is 0.662. The molecule has 0 unspecified atom stereocenters. The number of benzene rings is 1. The van der Waals surface area contributed by atoms with Crippen molar-refractivity contribution < 1.29 is 4.74 Å². The Morgan fingerprint density at radius 3 is 3.06 bits per heavy atom. The average Bonchev–Trinajstić information content (AvgIpc) is 2.76.